The summed E-state index contributed by atoms with van der Waals surface area (Å²) < 4.78 is 0. The van der Waals surface area contributed by atoms with Gasteiger partial charge in [-0.25, -0.2) is 9.78 Å². The van der Waals surface area contributed by atoms with E-state index in [1.54, 1.807) is 13.1 Å². The van der Waals surface area contributed by atoms with Crippen LogP contribution in [0.5, 0.6) is 0 Å². The molecule has 1 saturated heterocycles. The first-order chi connectivity index (χ1) is 9.97. The van der Waals surface area contributed by atoms with E-state index in [0.717, 1.165) is 18.9 Å². The van der Waals surface area contributed by atoms with Gasteiger partial charge in [0, 0.05) is 26.2 Å². The standard InChI is InChI=1S/C13H20N6O2/c1-9(12(20)17-13(15)21)18-4-6-19(7-5-18)11-3-2-10(14)8-16-11/h2-3,8-9H,4-7,14H2,1H3,(H3,15,17,20,21). The minimum atomic E-state index is -0.823. The van der Waals surface area contributed by atoms with Gasteiger partial charge in [-0.2, -0.15) is 0 Å². The first-order valence-electron chi connectivity index (χ1n) is 6.78. The normalized spacial score (nSPS) is 17.3. The van der Waals surface area contributed by atoms with Crippen LogP contribution in [0.4, 0.5) is 16.3 Å². The van der Waals surface area contributed by atoms with E-state index in [4.69, 9.17) is 11.5 Å². The molecular formula is C13H20N6O2. The molecule has 0 bridgehead atoms. The van der Waals surface area contributed by atoms with E-state index >= 15 is 0 Å². The number of piperazine rings is 1. The summed E-state index contributed by atoms with van der Waals surface area (Å²) in [5, 5.41) is 2.11. The molecule has 1 fully saturated rings. The van der Waals surface area contributed by atoms with Gasteiger partial charge in [-0.05, 0) is 19.1 Å². The van der Waals surface area contributed by atoms with Crippen molar-refractivity contribution in [1.82, 2.24) is 15.2 Å². The summed E-state index contributed by atoms with van der Waals surface area (Å²) in [7, 11) is 0. The third-order valence-corrected chi connectivity index (χ3v) is 3.58. The molecule has 0 radical (unpaired) electrons. The molecule has 0 aliphatic carbocycles. The average Bonchev–Trinajstić information content (AvgIpc) is 2.47. The molecule has 1 aromatic rings. The SMILES string of the molecule is CC(C(=O)NC(N)=O)N1CCN(c2ccc(N)cn2)CC1. The first kappa shape index (κ1) is 15.0. The molecule has 1 unspecified atom stereocenters. The van der Waals surface area contributed by atoms with Crippen LogP contribution in [0.25, 0.3) is 0 Å². The van der Waals surface area contributed by atoms with E-state index < -0.39 is 6.03 Å². The fraction of sp³-hybridized carbons (Fsp3) is 0.462. The highest BCUT2D eigenvalue weighted by atomic mass is 16.2. The number of urea groups is 1. The van der Waals surface area contributed by atoms with Crippen molar-refractivity contribution in [2.75, 3.05) is 36.8 Å². The molecule has 0 saturated carbocycles. The Kier molecular flexibility index (Phi) is 4.59. The highest BCUT2D eigenvalue weighted by Crippen LogP contribution is 2.15. The lowest BCUT2D eigenvalue weighted by Gasteiger charge is -2.37. The monoisotopic (exact) mass is 292 g/mol. The molecule has 1 atom stereocenters. The van der Waals surface area contributed by atoms with Crippen molar-refractivity contribution in [1.29, 1.82) is 0 Å². The zero-order valence-corrected chi connectivity index (χ0v) is 12.0. The second-order valence-electron chi connectivity index (χ2n) is 5.00. The molecule has 2 rings (SSSR count). The second-order valence-corrected chi connectivity index (χ2v) is 5.00. The number of anilines is 2. The summed E-state index contributed by atoms with van der Waals surface area (Å²) in [4.78, 5) is 30.9. The lowest BCUT2D eigenvalue weighted by Crippen LogP contribution is -2.55. The van der Waals surface area contributed by atoms with Gasteiger partial charge >= 0.3 is 6.03 Å². The molecule has 1 aromatic heterocycles. The number of nitrogens with two attached hydrogens (primary N) is 2. The summed E-state index contributed by atoms with van der Waals surface area (Å²) >= 11 is 0. The number of rotatable bonds is 3. The zero-order valence-electron chi connectivity index (χ0n) is 12.0. The van der Waals surface area contributed by atoms with E-state index in [2.05, 4.69) is 15.2 Å². The maximum atomic E-state index is 11.7. The van der Waals surface area contributed by atoms with E-state index in [0.29, 0.717) is 18.8 Å². The number of hydrogen-bond acceptors (Lipinski definition) is 6. The van der Waals surface area contributed by atoms with Gasteiger partial charge in [-0.15, -0.1) is 0 Å². The number of nitrogens with zero attached hydrogens (tertiary/aromatic N) is 3. The van der Waals surface area contributed by atoms with Crippen molar-refractivity contribution in [3.05, 3.63) is 18.3 Å². The van der Waals surface area contributed by atoms with Gasteiger partial charge in [-0.3, -0.25) is 15.0 Å². The average molecular weight is 292 g/mol. The highest BCUT2D eigenvalue weighted by Gasteiger charge is 2.26. The Morgan fingerprint density at radius 1 is 1.29 bits per heavy atom. The molecule has 1 aliphatic heterocycles. The minimum Gasteiger partial charge on any atom is -0.397 e. The Bertz CT molecular complexity index is 510. The fourth-order valence-corrected chi connectivity index (χ4v) is 2.31. The Labute approximate surface area is 123 Å². The third kappa shape index (κ3) is 3.82. The van der Waals surface area contributed by atoms with Crippen molar-refractivity contribution in [3.8, 4) is 0 Å². The Hall–Kier alpha value is -2.35. The summed E-state index contributed by atoms with van der Waals surface area (Å²) in [6.45, 7) is 4.68. The van der Waals surface area contributed by atoms with Crippen molar-refractivity contribution in [3.63, 3.8) is 0 Å². The summed E-state index contributed by atoms with van der Waals surface area (Å²) in [6, 6.07) is 2.49. The van der Waals surface area contributed by atoms with Crippen LogP contribution in [-0.4, -0.2) is 54.0 Å². The number of imide groups is 1. The largest absolute Gasteiger partial charge is 0.397 e. The zero-order chi connectivity index (χ0) is 15.4. The molecule has 8 heteroatoms. The summed E-state index contributed by atoms with van der Waals surface area (Å²) in [5.74, 6) is 0.500. The van der Waals surface area contributed by atoms with Gasteiger partial charge in [-0.1, -0.05) is 0 Å². The van der Waals surface area contributed by atoms with Crippen molar-refractivity contribution in [2.45, 2.75) is 13.0 Å². The molecule has 21 heavy (non-hydrogen) atoms. The third-order valence-electron chi connectivity index (χ3n) is 3.58. The number of primary amides is 1. The van der Waals surface area contributed by atoms with Crippen LogP contribution >= 0.6 is 0 Å². The molecule has 8 nitrogen and oxygen atoms in total. The van der Waals surface area contributed by atoms with Gasteiger partial charge < -0.3 is 16.4 Å². The number of pyridine rings is 1. The predicted molar refractivity (Wildman–Crippen MR) is 79.6 cm³/mol. The first-order valence-corrected chi connectivity index (χ1v) is 6.78. The smallest absolute Gasteiger partial charge is 0.318 e. The lowest BCUT2D eigenvalue weighted by atomic mass is 10.2. The van der Waals surface area contributed by atoms with Gasteiger partial charge in [0.1, 0.15) is 5.82 Å². The van der Waals surface area contributed by atoms with Gasteiger partial charge in [0.25, 0.3) is 0 Å². The van der Waals surface area contributed by atoms with Crippen molar-refractivity contribution >= 4 is 23.4 Å². The minimum absolute atomic E-state index is 0.374. The number of carbonyl (C=O) groups is 2. The van der Waals surface area contributed by atoms with Gasteiger partial charge in [0.15, 0.2) is 0 Å². The van der Waals surface area contributed by atoms with E-state index in [1.165, 1.54) is 0 Å². The molecule has 2 heterocycles. The summed E-state index contributed by atoms with van der Waals surface area (Å²) in [6.07, 6.45) is 1.63. The van der Waals surface area contributed by atoms with Crippen molar-refractivity contribution < 1.29 is 9.59 Å². The van der Waals surface area contributed by atoms with E-state index in [9.17, 15) is 9.59 Å². The maximum Gasteiger partial charge on any atom is 0.318 e. The molecule has 0 aromatic carbocycles. The topological polar surface area (TPSA) is 118 Å². The van der Waals surface area contributed by atoms with Gasteiger partial charge in [0.05, 0.1) is 17.9 Å². The van der Waals surface area contributed by atoms with Crippen molar-refractivity contribution in [2.24, 2.45) is 5.73 Å². The van der Waals surface area contributed by atoms with Crippen LogP contribution in [0.2, 0.25) is 0 Å². The van der Waals surface area contributed by atoms with Crippen LogP contribution in [0, 0.1) is 0 Å². The van der Waals surface area contributed by atoms with E-state index in [-0.39, 0.29) is 11.9 Å². The maximum absolute atomic E-state index is 11.7. The van der Waals surface area contributed by atoms with Crippen LogP contribution < -0.4 is 21.7 Å². The molecule has 0 spiro atoms. The Morgan fingerprint density at radius 2 is 1.95 bits per heavy atom. The number of hydrogen-bond donors (Lipinski definition) is 3. The Balaban J connectivity index is 1.89. The van der Waals surface area contributed by atoms with Crippen LogP contribution in [0.1, 0.15) is 6.92 Å². The number of aromatic nitrogens is 1. The molecule has 5 N–H and O–H groups in total. The number of nitrogen functional groups attached to an aromatic ring is 1. The number of amides is 3. The van der Waals surface area contributed by atoms with Crippen LogP contribution in [0.3, 0.4) is 0 Å². The van der Waals surface area contributed by atoms with Crippen LogP contribution in [-0.2, 0) is 4.79 Å². The quantitative estimate of drug-likeness (QED) is 0.682. The number of carbonyl (C=O) groups excluding carboxylic acids is 2. The summed E-state index contributed by atoms with van der Waals surface area (Å²) in [5.41, 5.74) is 11.2. The molecule has 1 aliphatic rings. The predicted octanol–water partition coefficient (Wildman–Crippen LogP) is -0.631. The fourth-order valence-electron chi connectivity index (χ4n) is 2.31. The molecule has 114 valence electrons. The van der Waals surface area contributed by atoms with Crippen LogP contribution in [0.15, 0.2) is 18.3 Å². The Morgan fingerprint density at radius 3 is 2.48 bits per heavy atom. The second kappa shape index (κ2) is 6.40. The van der Waals surface area contributed by atoms with Gasteiger partial charge in [0.2, 0.25) is 5.91 Å². The van der Waals surface area contributed by atoms with E-state index in [1.807, 2.05) is 17.0 Å². The highest BCUT2D eigenvalue weighted by molar-refractivity contribution is 5.96. The number of nitrogens with one attached hydrogen (secondary N) is 1. The lowest BCUT2D eigenvalue weighted by molar-refractivity contribution is -0.124. The molecule has 3 amide bonds. The molecular weight excluding hydrogens is 272 g/mol.